The highest BCUT2D eigenvalue weighted by Crippen LogP contribution is 2.44. The summed E-state index contributed by atoms with van der Waals surface area (Å²) in [7, 11) is 2.10. The first kappa shape index (κ1) is 22.7. The number of fused-ring (bicyclic) bond motifs is 2. The maximum atomic E-state index is 15.5. The lowest BCUT2D eigenvalue weighted by Crippen LogP contribution is -2.20. The van der Waals surface area contributed by atoms with Crippen molar-refractivity contribution in [2.24, 2.45) is 0 Å². The molecule has 1 saturated heterocycles. The summed E-state index contributed by atoms with van der Waals surface area (Å²) in [6.07, 6.45) is 7.73. The Morgan fingerprint density at radius 3 is 2.94 bits per heavy atom. The van der Waals surface area contributed by atoms with Crippen LogP contribution in [-0.2, 0) is 0 Å². The Balaban J connectivity index is 1.39. The second kappa shape index (κ2) is 8.75. The van der Waals surface area contributed by atoms with Gasteiger partial charge in [0.1, 0.15) is 12.3 Å². The molecule has 5 heterocycles. The Morgan fingerprint density at radius 1 is 1.28 bits per heavy atom. The lowest BCUT2D eigenvalue weighted by Gasteiger charge is -2.22. The number of hydrogen-bond acceptors (Lipinski definition) is 9. The number of nitrogens with one attached hydrogen (secondary N) is 2. The molecule has 0 saturated carbocycles. The Kier molecular flexibility index (Phi) is 5.53. The number of nitrogens with zero attached hydrogens (tertiary/aromatic N) is 6. The summed E-state index contributed by atoms with van der Waals surface area (Å²) < 4.78 is 23.1. The molecule has 1 aromatic carbocycles. The van der Waals surface area contributed by atoms with Gasteiger partial charge in [-0.3, -0.25) is 4.68 Å². The normalized spacial score (nSPS) is 17.6. The van der Waals surface area contributed by atoms with Crippen LogP contribution in [0.1, 0.15) is 18.0 Å². The van der Waals surface area contributed by atoms with Crippen molar-refractivity contribution in [1.29, 1.82) is 0 Å². The first-order valence-electron chi connectivity index (χ1n) is 11.7. The largest absolute Gasteiger partial charge is 0.474 e. The Bertz CT molecular complexity index is 1490. The van der Waals surface area contributed by atoms with Crippen molar-refractivity contribution in [2.45, 2.75) is 19.4 Å². The van der Waals surface area contributed by atoms with Gasteiger partial charge in [0.05, 0.1) is 34.2 Å². The summed E-state index contributed by atoms with van der Waals surface area (Å²) in [4.78, 5) is 15.5. The zero-order valence-electron chi connectivity index (χ0n) is 19.8. The number of halogens is 2. The highest BCUT2D eigenvalue weighted by molar-refractivity contribution is 6.38. The van der Waals surface area contributed by atoms with Gasteiger partial charge in [0.15, 0.2) is 5.82 Å². The van der Waals surface area contributed by atoms with E-state index in [9.17, 15) is 0 Å². The minimum atomic E-state index is -0.638. The Morgan fingerprint density at radius 2 is 2.14 bits per heavy atom. The predicted molar refractivity (Wildman–Crippen MR) is 138 cm³/mol. The predicted octanol–water partition coefficient (Wildman–Crippen LogP) is 4.00. The molecule has 10 nitrogen and oxygen atoms in total. The first-order valence-corrected chi connectivity index (χ1v) is 12.1. The van der Waals surface area contributed by atoms with Gasteiger partial charge in [-0.15, -0.1) is 0 Å². The molecular formula is C24H25ClFN9O. The van der Waals surface area contributed by atoms with Crippen LogP contribution >= 0.6 is 11.6 Å². The van der Waals surface area contributed by atoms with E-state index in [2.05, 4.69) is 42.6 Å². The molecule has 186 valence electrons. The molecule has 1 atom stereocenters. The molecule has 0 radical (unpaired) electrons. The second-order valence-corrected chi connectivity index (χ2v) is 9.54. The number of pyridine rings is 1. The molecule has 0 amide bonds. The number of ether oxygens (including phenoxy) is 1. The van der Waals surface area contributed by atoms with Gasteiger partial charge in [-0.25, -0.2) is 19.3 Å². The van der Waals surface area contributed by atoms with Crippen LogP contribution in [0.15, 0.2) is 24.8 Å². The van der Waals surface area contributed by atoms with E-state index in [-0.39, 0.29) is 16.3 Å². The summed E-state index contributed by atoms with van der Waals surface area (Å²) in [5, 5.41) is 11.4. The number of nitrogens with two attached hydrogens (primary N) is 1. The fourth-order valence-corrected chi connectivity index (χ4v) is 5.17. The van der Waals surface area contributed by atoms with E-state index in [1.54, 1.807) is 12.4 Å². The quantitative estimate of drug-likeness (QED) is 0.351. The first-order chi connectivity index (χ1) is 17.4. The zero-order valence-corrected chi connectivity index (χ0v) is 20.6. The molecule has 12 heteroatoms. The maximum absolute atomic E-state index is 15.5. The smallest absolute Gasteiger partial charge is 0.237 e. The molecule has 36 heavy (non-hydrogen) atoms. The number of hydrogen-bond donors (Lipinski definition) is 3. The third kappa shape index (κ3) is 3.75. The van der Waals surface area contributed by atoms with E-state index in [1.807, 2.05) is 17.8 Å². The van der Waals surface area contributed by atoms with Crippen molar-refractivity contribution < 1.29 is 9.13 Å². The van der Waals surface area contributed by atoms with E-state index in [1.165, 1.54) is 6.20 Å². The second-order valence-electron chi connectivity index (χ2n) is 9.16. The van der Waals surface area contributed by atoms with Gasteiger partial charge in [-0.05, 0) is 32.5 Å². The van der Waals surface area contributed by atoms with Crippen LogP contribution in [0.3, 0.4) is 0 Å². The van der Waals surface area contributed by atoms with Gasteiger partial charge in [-0.1, -0.05) is 11.6 Å². The lowest BCUT2D eigenvalue weighted by atomic mass is 9.98. The molecule has 0 unspecified atom stereocenters. The zero-order chi connectivity index (χ0) is 25.0. The highest BCUT2D eigenvalue weighted by atomic mass is 35.5. The maximum Gasteiger partial charge on any atom is 0.237 e. The van der Waals surface area contributed by atoms with Crippen LogP contribution in [0.4, 0.5) is 27.4 Å². The van der Waals surface area contributed by atoms with Gasteiger partial charge < -0.3 is 26.0 Å². The van der Waals surface area contributed by atoms with Crippen LogP contribution in [-0.4, -0.2) is 62.9 Å². The molecule has 4 aromatic rings. The molecular weight excluding hydrogens is 485 g/mol. The molecule has 2 aliphatic heterocycles. The van der Waals surface area contributed by atoms with Crippen LogP contribution in [0.5, 0.6) is 5.88 Å². The minimum Gasteiger partial charge on any atom is -0.474 e. The number of aromatic nitrogens is 5. The van der Waals surface area contributed by atoms with Gasteiger partial charge in [0, 0.05) is 48.2 Å². The summed E-state index contributed by atoms with van der Waals surface area (Å²) in [5.41, 5.74) is 9.33. The van der Waals surface area contributed by atoms with Gasteiger partial charge >= 0.3 is 0 Å². The number of benzene rings is 1. The monoisotopic (exact) mass is 509 g/mol. The molecule has 0 spiro atoms. The van der Waals surface area contributed by atoms with Crippen molar-refractivity contribution >= 4 is 45.5 Å². The van der Waals surface area contributed by atoms with E-state index in [0.29, 0.717) is 53.2 Å². The average molecular weight is 510 g/mol. The van der Waals surface area contributed by atoms with E-state index < -0.39 is 5.82 Å². The summed E-state index contributed by atoms with van der Waals surface area (Å²) in [6, 6.07) is 0.330. The fraction of sp³-hybridized carbons (Fsp3) is 0.333. The van der Waals surface area contributed by atoms with Crippen molar-refractivity contribution in [3.05, 3.63) is 41.2 Å². The van der Waals surface area contributed by atoms with Crippen molar-refractivity contribution in [2.75, 3.05) is 49.7 Å². The summed E-state index contributed by atoms with van der Waals surface area (Å²) in [6.45, 7) is 5.00. The third-order valence-electron chi connectivity index (χ3n) is 6.78. The van der Waals surface area contributed by atoms with Crippen LogP contribution < -0.4 is 21.1 Å². The standard InChI is InChI=1S/C24H25ClFN9O/c1-12-15(8-29-23-21(12)28-4-6-36-23)17-18(25)22-16(20(27)19(17)26)9-30-24(33-22)32-13-7-31-35(10-13)14-3-5-34(2)11-14/h7-10,14,28H,3-6,11,27H2,1-2H3,(H,30,32,33)/t14-/m0/s1. The van der Waals surface area contributed by atoms with E-state index in [0.717, 1.165) is 30.8 Å². The number of likely N-dealkylation sites (tertiary alicyclic amines) is 1. The average Bonchev–Trinajstić information content (AvgIpc) is 3.53. The van der Waals surface area contributed by atoms with Crippen LogP contribution in [0.2, 0.25) is 5.02 Å². The number of nitrogen functional groups attached to an aromatic ring is 1. The summed E-state index contributed by atoms with van der Waals surface area (Å²) >= 11 is 6.77. The summed E-state index contributed by atoms with van der Waals surface area (Å²) in [5.74, 6) is 0.146. The number of likely N-dealkylation sites (N-methyl/N-ethyl adjacent to an activating group) is 1. The topological polar surface area (TPSA) is 119 Å². The fourth-order valence-electron chi connectivity index (χ4n) is 4.84. The van der Waals surface area contributed by atoms with Crippen molar-refractivity contribution in [1.82, 2.24) is 29.6 Å². The van der Waals surface area contributed by atoms with Crippen molar-refractivity contribution in [3.63, 3.8) is 0 Å². The number of rotatable bonds is 4. The lowest BCUT2D eigenvalue weighted by molar-refractivity contribution is 0.310. The van der Waals surface area contributed by atoms with Gasteiger partial charge in [0.2, 0.25) is 11.8 Å². The molecule has 0 bridgehead atoms. The van der Waals surface area contributed by atoms with E-state index in [4.69, 9.17) is 22.1 Å². The molecule has 6 rings (SSSR count). The van der Waals surface area contributed by atoms with E-state index >= 15 is 4.39 Å². The highest BCUT2D eigenvalue weighted by Gasteiger charge is 2.25. The van der Waals surface area contributed by atoms with Crippen LogP contribution in [0, 0.1) is 12.7 Å². The SMILES string of the molecule is Cc1c(-c2c(F)c(N)c3cnc(Nc4cnn([C@H]5CCN(C)C5)c4)nc3c2Cl)cnc2c1NCCO2. The molecule has 4 N–H and O–H groups in total. The number of anilines is 4. The Labute approximate surface area is 211 Å². The van der Waals surface area contributed by atoms with Gasteiger partial charge in [-0.2, -0.15) is 5.10 Å². The molecule has 3 aromatic heterocycles. The Hall–Kier alpha value is -3.70. The minimum absolute atomic E-state index is 0.0737. The third-order valence-corrected chi connectivity index (χ3v) is 7.14. The molecule has 1 fully saturated rings. The van der Waals surface area contributed by atoms with Crippen molar-refractivity contribution in [3.8, 4) is 17.0 Å². The van der Waals surface area contributed by atoms with Crippen LogP contribution in [0.25, 0.3) is 22.0 Å². The molecule has 0 aliphatic carbocycles. The van der Waals surface area contributed by atoms with Gasteiger partial charge in [0.25, 0.3) is 0 Å². The molecule has 2 aliphatic rings.